The predicted octanol–water partition coefficient (Wildman–Crippen LogP) is -0.488. The number of piperidine rings is 1. The molecular formula is C10H22FN3O. The van der Waals surface area contributed by atoms with Crippen molar-refractivity contribution in [1.82, 2.24) is 16.0 Å². The summed E-state index contributed by atoms with van der Waals surface area (Å²) in [5.74, 6) is 0. The molecule has 0 aromatic heterocycles. The fraction of sp³-hybridized carbons (Fsp3) is 1.00. The molecule has 0 spiro atoms. The van der Waals surface area contributed by atoms with Gasteiger partial charge in [0.25, 0.3) is 0 Å². The fourth-order valence-electron chi connectivity index (χ4n) is 1.64. The monoisotopic (exact) mass is 219 g/mol. The van der Waals surface area contributed by atoms with Crippen LogP contribution in [0.5, 0.6) is 0 Å². The van der Waals surface area contributed by atoms with Crippen molar-refractivity contribution < 1.29 is 9.13 Å². The van der Waals surface area contributed by atoms with Crippen LogP contribution >= 0.6 is 0 Å². The zero-order valence-electron chi connectivity index (χ0n) is 9.39. The van der Waals surface area contributed by atoms with Crippen LogP contribution in [-0.4, -0.2) is 58.7 Å². The zero-order chi connectivity index (χ0) is 10.9. The van der Waals surface area contributed by atoms with E-state index in [2.05, 4.69) is 16.0 Å². The van der Waals surface area contributed by atoms with Crippen LogP contribution in [0.15, 0.2) is 0 Å². The van der Waals surface area contributed by atoms with Crippen molar-refractivity contribution in [3.05, 3.63) is 0 Å². The second-order valence-corrected chi connectivity index (χ2v) is 3.79. The smallest absolute Gasteiger partial charge is 0.128 e. The minimum Gasteiger partial charge on any atom is -0.379 e. The van der Waals surface area contributed by atoms with Gasteiger partial charge in [-0.3, -0.25) is 0 Å². The fourth-order valence-corrected chi connectivity index (χ4v) is 1.64. The van der Waals surface area contributed by atoms with Crippen molar-refractivity contribution in [2.45, 2.75) is 18.6 Å². The van der Waals surface area contributed by atoms with Gasteiger partial charge in [0.05, 0.1) is 13.2 Å². The lowest BCUT2D eigenvalue weighted by atomic mass is 10.1. The Bertz CT molecular complexity index is 160. The van der Waals surface area contributed by atoms with Gasteiger partial charge in [0.2, 0.25) is 0 Å². The SMILES string of the molecule is CNCCOCCN[C@@H]1CCNC[C@@H]1F. The molecular weight excluding hydrogens is 197 g/mol. The van der Waals surface area contributed by atoms with Crippen molar-refractivity contribution in [2.75, 3.05) is 46.4 Å². The number of alkyl halides is 1. The number of nitrogens with one attached hydrogen (secondary N) is 3. The van der Waals surface area contributed by atoms with Gasteiger partial charge in [-0.05, 0) is 20.0 Å². The third-order valence-corrected chi connectivity index (χ3v) is 2.56. The van der Waals surface area contributed by atoms with Crippen LogP contribution < -0.4 is 16.0 Å². The van der Waals surface area contributed by atoms with Crippen LogP contribution in [0.25, 0.3) is 0 Å². The van der Waals surface area contributed by atoms with Crippen molar-refractivity contribution in [3.63, 3.8) is 0 Å². The highest BCUT2D eigenvalue weighted by atomic mass is 19.1. The summed E-state index contributed by atoms with van der Waals surface area (Å²) in [4.78, 5) is 0. The summed E-state index contributed by atoms with van der Waals surface area (Å²) in [5, 5.41) is 9.22. The second-order valence-electron chi connectivity index (χ2n) is 3.79. The van der Waals surface area contributed by atoms with Crippen LogP contribution in [0.4, 0.5) is 4.39 Å². The van der Waals surface area contributed by atoms with Crippen LogP contribution in [0, 0.1) is 0 Å². The lowest BCUT2D eigenvalue weighted by Gasteiger charge is -2.27. The molecule has 0 unspecified atom stereocenters. The maximum atomic E-state index is 13.3. The highest BCUT2D eigenvalue weighted by Gasteiger charge is 2.23. The molecule has 0 radical (unpaired) electrons. The standard InChI is InChI=1S/C10H22FN3O/c1-12-4-6-15-7-5-14-10-2-3-13-8-9(10)11/h9-10,12-14H,2-8H2,1H3/t9-,10+/m0/s1. The summed E-state index contributed by atoms with van der Waals surface area (Å²) in [6.07, 6.45) is 0.0913. The first-order valence-corrected chi connectivity index (χ1v) is 5.65. The Kier molecular flexibility index (Phi) is 6.83. The van der Waals surface area contributed by atoms with Crippen LogP contribution in [-0.2, 0) is 4.74 Å². The van der Waals surface area contributed by atoms with Crippen molar-refractivity contribution in [3.8, 4) is 0 Å². The van der Waals surface area contributed by atoms with E-state index in [1.54, 1.807) is 0 Å². The molecule has 4 nitrogen and oxygen atoms in total. The van der Waals surface area contributed by atoms with E-state index in [-0.39, 0.29) is 6.04 Å². The molecule has 0 aromatic rings. The first-order valence-electron chi connectivity index (χ1n) is 5.65. The van der Waals surface area contributed by atoms with Gasteiger partial charge >= 0.3 is 0 Å². The van der Waals surface area contributed by atoms with Gasteiger partial charge in [-0.1, -0.05) is 0 Å². The van der Waals surface area contributed by atoms with E-state index in [1.165, 1.54) is 0 Å². The normalized spacial score (nSPS) is 26.8. The molecule has 0 aromatic carbocycles. The second kappa shape index (κ2) is 7.98. The van der Waals surface area contributed by atoms with Gasteiger partial charge < -0.3 is 20.7 Å². The predicted molar refractivity (Wildman–Crippen MR) is 58.9 cm³/mol. The average Bonchev–Trinajstić information content (AvgIpc) is 2.25. The highest BCUT2D eigenvalue weighted by molar-refractivity contribution is 4.82. The van der Waals surface area contributed by atoms with Crippen molar-refractivity contribution in [2.24, 2.45) is 0 Å². The largest absolute Gasteiger partial charge is 0.379 e. The molecule has 0 aliphatic carbocycles. The van der Waals surface area contributed by atoms with Gasteiger partial charge in [-0.15, -0.1) is 0 Å². The van der Waals surface area contributed by atoms with Crippen molar-refractivity contribution >= 4 is 0 Å². The number of halogens is 1. The Morgan fingerprint density at radius 3 is 2.93 bits per heavy atom. The third-order valence-electron chi connectivity index (χ3n) is 2.56. The first kappa shape index (κ1) is 12.8. The molecule has 2 atom stereocenters. The third kappa shape index (κ3) is 5.41. The van der Waals surface area contributed by atoms with E-state index in [0.717, 1.165) is 26.1 Å². The zero-order valence-corrected chi connectivity index (χ0v) is 9.39. The van der Waals surface area contributed by atoms with Gasteiger partial charge in [0, 0.05) is 25.7 Å². The highest BCUT2D eigenvalue weighted by Crippen LogP contribution is 2.06. The molecule has 0 bridgehead atoms. The molecule has 90 valence electrons. The van der Waals surface area contributed by atoms with Gasteiger partial charge in [-0.2, -0.15) is 0 Å². The summed E-state index contributed by atoms with van der Waals surface area (Å²) in [7, 11) is 1.89. The average molecular weight is 219 g/mol. The quantitative estimate of drug-likeness (QED) is 0.506. The van der Waals surface area contributed by atoms with Gasteiger partial charge in [-0.25, -0.2) is 4.39 Å². The maximum Gasteiger partial charge on any atom is 0.128 e. The van der Waals surface area contributed by atoms with Crippen LogP contribution in [0.2, 0.25) is 0 Å². The summed E-state index contributed by atoms with van der Waals surface area (Å²) >= 11 is 0. The molecule has 1 aliphatic heterocycles. The molecule has 1 fully saturated rings. The number of ether oxygens (including phenoxy) is 1. The molecule has 1 heterocycles. The molecule has 3 N–H and O–H groups in total. The molecule has 15 heavy (non-hydrogen) atoms. The Hall–Kier alpha value is -0.230. The lowest BCUT2D eigenvalue weighted by Crippen LogP contribution is -2.49. The summed E-state index contributed by atoms with van der Waals surface area (Å²) in [5.41, 5.74) is 0. The van der Waals surface area contributed by atoms with Crippen LogP contribution in [0.3, 0.4) is 0 Å². The number of hydrogen-bond acceptors (Lipinski definition) is 4. The number of rotatable bonds is 7. The van der Waals surface area contributed by atoms with E-state index in [1.807, 2.05) is 7.05 Å². The summed E-state index contributed by atoms with van der Waals surface area (Å²) in [6.45, 7) is 4.33. The molecule has 1 rings (SSSR count). The van der Waals surface area contributed by atoms with E-state index in [0.29, 0.717) is 19.8 Å². The molecule has 0 amide bonds. The molecule has 5 heteroatoms. The van der Waals surface area contributed by atoms with E-state index in [9.17, 15) is 4.39 Å². The maximum absolute atomic E-state index is 13.3. The Morgan fingerprint density at radius 1 is 1.40 bits per heavy atom. The molecule has 1 aliphatic rings. The van der Waals surface area contributed by atoms with E-state index < -0.39 is 6.17 Å². The van der Waals surface area contributed by atoms with E-state index in [4.69, 9.17) is 4.74 Å². The van der Waals surface area contributed by atoms with E-state index >= 15 is 0 Å². The lowest BCUT2D eigenvalue weighted by molar-refractivity contribution is 0.127. The Morgan fingerprint density at radius 2 is 2.20 bits per heavy atom. The minimum absolute atomic E-state index is 0.000787. The molecule has 0 saturated carbocycles. The Balaban J connectivity index is 1.94. The Labute approximate surface area is 90.9 Å². The molecule has 1 saturated heterocycles. The van der Waals surface area contributed by atoms with Gasteiger partial charge in [0.15, 0.2) is 0 Å². The minimum atomic E-state index is -0.768. The van der Waals surface area contributed by atoms with Crippen LogP contribution in [0.1, 0.15) is 6.42 Å². The first-order chi connectivity index (χ1) is 7.34. The summed E-state index contributed by atoms with van der Waals surface area (Å²) in [6, 6.07) is -0.000787. The number of likely N-dealkylation sites (N-methyl/N-ethyl adjacent to an activating group) is 1. The van der Waals surface area contributed by atoms with Gasteiger partial charge in [0.1, 0.15) is 6.17 Å². The topological polar surface area (TPSA) is 45.3 Å². The summed E-state index contributed by atoms with van der Waals surface area (Å²) < 4.78 is 18.6. The van der Waals surface area contributed by atoms with Crippen molar-refractivity contribution in [1.29, 1.82) is 0 Å². The number of hydrogen-bond donors (Lipinski definition) is 3.